The highest BCUT2D eigenvalue weighted by atomic mass is 16.5. The first-order valence-electron chi connectivity index (χ1n) is 8.60. The van der Waals surface area contributed by atoms with E-state index in [9.17, 15) is 0 Å². The van der Waals surface area contributed by atoms with Gasteiger partial charge in [0.15, 0.2) is 22.8 Å². The second-order valence-corrected chi connectivity index (χ2v) is 6.11. The van der Waals surface area contributed by atoms with E-state index in [1.165, 1.54) is 11.1 Å². The molecule has 3 rings (SSSR count). The Morgan fingerprint density at radius 1 is 0.885 bits per heavy atom. The summed E-state index contributed by atoms with van der Waals surface area (Å²) >= 11 is 0. The molecule has 0 aliphatic heterocycles. The number of nitrogens with one attached hydrogen (secondary N) is 2. The number of aromatic amines is 1. The Hall–Kier alpha value is -2.95. The summed E-state index contributed by atoms with van der Waals surface area (Å²) in [6, 6.07) is 14.2. The van der Waals surface area contributed by atoms with Gasteiger partial charge in [0, 0.05) is 17.9 Å². The van der Waals surface area contributed by atoms with Crippen molar-refractivity contribution in [3.8, 4) is 17.2 Å². The molecule has 0 unspecified atom stereocenters. The lowest BCUT2D eigenvalue weighted by atomic mass is 10.1. The van der Waals surface area contributed by atoms with Gasteiger partial charge >= 0.3 is 0 Å². The number of hydrogen-bond donors (Lipinski definition) is 1. The number of hydrogen-bond acceptors (Lipinski definition) is 4. The van der Waals surface area contributed by atoms with Crippen molar-refractivity contribution >= 4 is 16.7 Å². The third kappa shape index (κ3) is 3.67. The molecule has 0 aliphatic carbocycles. The van der Waals surface area contributed by atoms with Gasteiger partial charge in [0.2, 0.25) is 0 Å². The Bertz CT molecular complexity index is 909. The first kappa shape index (κ1) is 17.9. The lowest BCUT2D eigenvalue weighted by molar-refractivity contribution is -0.328. The topological polar surface area (TPSA) is 53.9 Å². The van der Waals surface area contributed by atoms with Crippen molar-refractivity contribution < 1.29 is 19.2 Å². The summed E-state index contributed by atoms with van der Waals surface area (Å²) in [5.74, 6) is 3.31. The molecule has 0 bridgehead atoms. The molecule has 1 heterocycles. The van der Waals surface area contributed by atoms with Gasteiger partial charge in [-0.05, 0) is 36.2 Å². The molecule has 0 spiro atoms. The molecule has 0 amide bonds. The fraction of sp³-hybridized carbons (Fsp3) is 0.286. The van der Waals surface area contributed by atoms with Crippen LogP contribution in [0.4, 0.5) is 5.82 Å². The van der Waals surface area contributed by atoms with E-state index in [-0.39, 0.29) is 0 Å². The van der Waals surface area contributed by atoms with E-state index in [0.29, 0.717) is 0 Å². The normalized spacial score (nSPS) is 10.6. The highest BCUT2D eigenvalue weighted by molar-refractivity contribution is 5.85. The van der Waals surface area contributed by atoms with E-state index < -0.39 is 0 Å². The molecule has 26 heavy (non-hydrogen) atoms. The largest absolute Gasteiger partial charge is 0.493 e. The Labute approximate surface area is 153 Å². The summed E-state index contributed by atoms with van der Waals surface area (Å²) in [4.78, 5) is 3.43. The second kappa shape index (κ2) is 7.95. The first-order valence-corrected chi connectivity index (χ1v) is 8.60. The Morgan fingerprint density at radius 2 is 1.65 bits per heavy atom. The van der Waals surface area contributed by atoms with Gasteiger partial charge < -0.3 is 14.2 Å². The van der Waals surface area contributed by atoms with Crippen molar-refractivity contribution in [2.45, 2.75) is 13.3 Å². The van der Waals surface area contributed by atoms with E-state index >= 15 is 0 Å². The zero-order valence-electron chi connectivity index (χ0n) is 15.7. The van der Waals surface area contributed by atoms with Gasteiger partial charge in [-0.1, -0.05) is 18.2 Å². The lowest BCUT2D eigenvalue weighted by Gasteiger charge is -2.09. The predicted octanol–water partition coefficient (Wildman–Crippen LogP) is 3.64. The highest BCUT2D eigenvalue weighted by Crippen LogP contribution is 2.28. The minimum atomic E-state index is 0.745. The second-order valence-electron chi connectivity index (χ2n) is 6.11. The van der Waals surface area contributed by atoms with Gasteiger partial charge in [0.25, 0.3) is 5.82 Å². The molecule has 0 saturated carbocycles. The van der Waals surface area contributed by atoms with Crippen molar-refractivity contribution in [3.63, 3.8) is 0 Å². The zero-order valence-corrected chi connectivity index (χ0v) is 15.7. The van der Waals surface area contributed by atoms with Crippen LogP contribution < -0.4 is 24.5 Å². The van der Waals surface area contributed by atoms with Crippen molar-refractivity contribution in [1.82, 2.24) is 0 Å². The standard InChI is InChI=1S/C21H24N2O3/c1-14-12-20(23-21-16(14)6-5-7-18(21)25-3)22-11-10-15-8-9-17(24-2)19(13-15)26-4/h5-9,12-13H,10-11H2,1-4H3,(H,22,23)/p+1. The molecule has 0 radical (unpaired) electrons. The average Bonchev–Trinajstić information content (AvgIpc) is 2.67. The number of ether oxygens (including phenoxy) is 3. The van der Waals surface area contributed by atoms with Gasteiger partial charge in [-0.25, -0.2) is 4.98 Å². The van der Waals surface area contributed by atoms with Crippen LogP contribution in [0.25, 0.3) is 10.9 Å². The number of H-pyrrole nitrogens is 1. The van der Waals surface area contributed by atoms with E-state index in [0.717, 1.165) is 46.9 Å². The van der Waals surface area contributed by atoms with Gasteiger partial charge in [-0.2, -0.15) is 0 Å². The Balaban J connectivity index is 1.74. The molecule has 1 aromatic heterocycles. The lowest BCUT2D eigenvalue weighted by Crippen LogP contribution is -2.17. The van der Waals surface area contributed by atoms with Crippen molar-refractivity contribution in [2.24, 2.45) is 0 Å². The van der Waals surface area contributed by atoms with Gasteiger partial charge in [-0.3, -0.25) is 5.32 Å². The number of benzene rings is 2. The van der Waals surface area contributed by atoms with Crippen molar-refractivity contribution in [2.75, 3.05) is 33.2 Å². The molecule has 0 atom stereocenters. The summed E-state index contributed by atoms with van der Waals surface area (Å²) in [5.41, 5.74) is 3.39. The van der Waals surface area contributed by atoms with E-state index in [1.807, 2.05) is 24.3 Å². The summed E-state index contributed by atoms with van der Waals surface area (Å²) in [5, 5.41) is 4.62. The Morgan fingerprint density at radius 3 is 2.38 bits per heavy atom. The summed E-state index contributed by atoms with van der Waals surface area (Å²) in [6.45, 7) is 2.90. The van der Waals surface area contributed by atoms with Crippen LogP contribution >= 0.6 is 0 Å². The third-order valence-electron chi connectivity index (χ3n) is 4.47. The number of para-hydroxylation sites is 1. The third-order valence-corrected chi connectivity index (χ3v) is 4.47. The maximum atomic E-state index is 5.47. The quantitative estimate of drug-likeness (QED) is 0.704. The molecule has 0 fully saturated rings. The maximum Gasteiger partial charge on any atom is 0.273 e. The van der Waals surface area contributed by atoms with Crippen molar-refractivity contribution in [1.29, 1.82) is 0 Å². The average molecular weight is 353 g/mol. The maximum absolute atomic E-state index is 5.47. The SMILES string of the molecule is COc1ccc(CCNc2cc(C)c3cccc(OC)c3[nH+]2)cc1OC. The Kier molecular flexibility index (Phi) is 5.46. The zero-order chi connectivity index (χ0) is 18.5. The van der Waals surface area contributed by atoms with Crippen LogP contribution in [0.5, 0.6) is 17.2 Å². The van der Waals surface area contributed by atoms with Crippen LogP contribution in [0.1, 0.15) is 11.1 Å². The number of rotatable bonds is 7. The van der Waals surface area contributed by atoms with Crippen LogP contribution in [-0.4, -0.2) is 27.9 Å². The minimum Gasteiger partial charge on any atom is -0.493 e. The molecule has 5 nitrogen and oxygen atoms in total. The van der Waals surface area contributed by atoms with Crippen LogP contribution in [0, 0.1) is 6.92 Å². The van der Waals surface area contributed by atoms with Crippen LogP contribution in [0.15, 0.2) is 42.5 Å². The van der Waals surface area contributed by atoms with E-state index in [2.05, 4.69) is 35.4 Å². The fourth-order valence-electron chi connectivity index (χ4n) is 3.10. The number of fused-ring (bicyclic) bond motifs is 1. The van der Waals surface area contributed by atoms with Crippen LogP contribution in [0.2, 0.25) is 0 Å². The fourth-order valence-corrected chi connectivity index (χ4v) is 3.10. The minimum absolute atomic E-state index is 0.745. The molecule has 3 aromatic rings. The number of pyridine rings is 1. The number of aromatic nitrogens is 1. The molecule has 2 aromatic carbocycles. The molecular weight excluding hydrogens is 328 g/mol. The highest BCUT2D eigenvalue weighted by Gasteiger charge is 2.12. The number of aryl methyl sites for hydroxylation is 1. The predicted molar refractivity (Wildman–Crippen MR) is 104 cm³/mol. The van der Waals surface area contributed by atoms with Gasteiger partial charge in [0.05, 0.1) is 27.9 Å². The molecule has 136 valence electrons. The molecular formula is C21H25N2O3+. The van der Waals surface area contributed by atoms with Crippen LogP contribution in [-0.2, 0) is 6.42 Å². The van der Waals surface area contributed by atoms with E-state index in [4.69, 9.17) is 14.2 Å². The number of methoxy groups -OCH3 is 3. The molecule has 2 N–H and O–H groups in total. The molecule has 0 aliphatic rings. The summed E-state index contributed by atoms with van der Waals surface area (Å²) in [7, 11) is 4.99. The van der Waals surface area contributed by atoms with Crippen molar-refractivity contribution in [3.05, 3.63) is 53.6 Å². The molecule has 5 heteroatoms. The monoisotopic (exact) mass is 353 g/mol. The summed E-state index contributed by atoms with van der Waals surface area (Å²) in [6.07, 6.45) is 0.872. The van der Waals surface area contributed by atoms with Gasteiger partial charge in [-0.15, -0.1) is 0 Å². The smallest absolute Gasteiger partial charge is 0.273 e. The first-order chi connectivity index (χ1) is 12.7. The number of anilines is 1. The van der Waals surface area contributed by atoms with Crippen LogP contribution in [0.3, 0.4) is 0 Å². The van der Waals surface area contributed by atoms with E-state index in [1.54, 1.807) is 21.3 Å². The summed E-state index contributed by atoms with van der Waals surface area (Å²) < 4.78 is 16.1. The van der Waals surface area contributed by atoms with Gasteiger partial charge in [0.1, 0.15) is 0 Å². The molecule has 0 saturated heterocycles.